The number of rotatable bonds is 4. The van der Waals surface area contributed by atoms with Crippen molar-refractivity contribution in [1.29, 1.82) is 5.26 Å². The molecule has 0 bridgehead atoms. The number of nitrogens with zero attached hydrogens (tertiary/aromatic N) is 2. The van der Waals surface area contributed by atoms with Gasteiger partial charge in [-0.1, -0.05) is 12.1 Å². The van der Waals surface area contributed by atoms with Crippen LogP contribution in [0.15, 0.2) is 24.3 Å². The zero-order valence-corrected chi connectivity index (χ0v) is 11.4. The summed E-state index contributed by atoms with van der Waals surface area (Å²) in [7, 11) is 0. The van der Waals surface area contributed by atoms with Crippen LogP contribution in [0.4, 0.5) is 4.79 Å². The van der Waals surface area contributed by atoms with E-state index in [2.05, 4.69) is 5.32 Å². The molecule has 1 aliphatic heterocycles. The lowest BCUT2D eigenvalue weighted by Crippen LogP contribution is -2.41. The molecule has 1 aromatic carbocycles. The Morgan fingerprint density at radius 1 is 1.48 bits per heavy atom. The average Bonchev–Trinajstić information content (AvgIpc) is 2.68. The van der Waals surface area contributed by atoms with E-state index in [-0.39, 0.29) is 13.0 Å². The number of hydrogen-bond acceptors (Lipinski definition) is 4. The first-order valence-electron chi connectivity index (χ1n) is 6.31. The van der Waals surface area contributed by atoms with Gasteiger partial charge in [-0.05, 0) is 24.6 Å². The van der Waals surface area contributed by atoms with Crippen LogP contribution in [0, 0.1) is 11.3 Å². The summed E-state index contributed by atoms with van der Waals surface area (Å²) >= 11 is 0. The maximum absolute atomic E-state index is 12.5. The molecule has 7 nitrogen and oxygen atoms in total. The molecule has 1 fully saturated rings. The predicted molar refractivity (Wildman–Crippen MR) is 72.6 cm³/mol. The molecule has 1 unspecified atom stereocenters. The van der Waals surface area contributed by atoms with Gasteiger partial charge in [0.15, 0.2) is 0 Å². The summed E-state index contributed by atoms with van der Waals surface area (Å²) in [5, 5.41) is 11.5. The molecule has 7 heteroatoms. The number of benzene rings is 1. The summed E-state index contributed by atoms with van der Waals surface area (Å²) < 4.78 is 0. The molecule has 0 spiro atoms. The number of hydrogen-bond donors (Lipinski definition) is 2. The van der Waals surface area contributed by atoms with Gasteiger partial charge >= 0.3 is 6.03 Å². The van der Waals surface area contributed by atoms with Gasteiger partial charge in [0.1, 0.15) is 5.54 Å². The van der Waals surface area contributed by atoms with E-state index < -0.39 is 23.4 Å². The van der Waals surface area contributed by atoms with Gasteiger partial charge in [0.05, 0.1) is 11.6 Å². The third-order valence-corrected chi connectivity index (χ3v) is 3.43. The smallest absolute Gasteiger partial charge is 0.325 e. The molecule has 0 aliphatic carbocycles. The molecule has 3 N–H and O–H groups in total. The van der Waals surface area contributed by atoms with E-state index >= 15 is 0 Å². The summed E-state index contributed by atoms with van der Waals surface area (Å²) in [6, 6.07) is 7.88. The van der Waals surface area contributed by atoms with E-state index in [1.54, 1.807) is 31.2 Å². The lowest BCUT2D eigenvalue weighted by molar-refractivity contribution is -0.131. The second kappa shape index (κ2) is 5.25. The van der Waals surface area contributed by atoms with Crippen molar-refractivity contribution >= 4 is 17.8 Å². The quantitative estimate of drug-likeness (QED) is 0.769. The monoisotopic (exact) mass is 286 g/mol. The zero-order chi connectivity index (χ0) is 15.6. The van der Waals surface area contributed by atoms with Crippen LogP contribution in [0.1, 0.15) is 24.5 Å². The van der Waals surface area contributed by atoms with Crippen LogP contribution in [-0.4, -0.2) is 29.3 Å². The Kier molecular flexibility index (Phi) is 3.63. The summed E-state index contributed by atoms with van der Waals surface area (Å²) in [4.78, 5) is 36.1. The molecule has 1 saturated heterocycles. The summed E-state index contributed by atoms with van der Waals surface area (Å²) in [6.45, 7) is 1.50. The fourth-order valence-corrected chi connectivity index (χ4v) is 2.22. The number of imide groups is 1. The maximum atomic E-state index is 12.5. The number of urea groups is 1. The van der Waals surface area contributed by atoms with Gasteiger partial charge in [0.2, 0.25) is 5.91 Å². The number of carbonyl (C=O) groups is 3. The van der Waals surface area contributed by atoms with Crippen molar-refractivity contribution in [2.45, 2.75) is 18.9 Å². The average molecular weight is 286 g/mol. The molecule has 1 aromatic rings. The summed E-state index contributed by atoms with van der Waals surface area (Å²) in [6.07, 6.45) is -0.0898. The van der Waals surface area contributed by atoms with Gasteiger partial charge < -0.3 is 11.1 Å². The van der Waals surface area contributed by atoms with Crippen molar-refractivity contribution in [3.8, 4) is 6.07 Å². The molecular formula is C14H14N4O3. The van der Waals surface area contributed by atoms with E-state index in [0.717, 1.165) is 4.90 Å². The van der Waals surface area contributed by atoms with Crippen molar-refractivity contribution in [1.82, 2.24) is 10.2 Å². The van der Waals surface area contributed by atoms with Crippen LogP contribution >= 0.6 is 0 Å². The van der Waals surface area contributed by atoms with Crippen LogP contribution < -0.4 is 11.1 Å². The number of carbonyl (C=O) groups excluding carboxylic acids is 3. The molecule has 0 aromatic heterocycles. The van der Waals surface area contributed by atoms with E-state index in [4.69, 9.17) is 11.0 Å². The lowest BCUT2D eigenvalue weighted by Gasteiger charge is -2.22. The first-order valence-corrected chi connectivity index (χ1v) is 6.31. The van der Waals surface area contributed by atoms with E-state index in [1.165, 1.54) is 0 Å². The van der Waals surface area contributed by atoms with E-state index in [9.17, 15) is 14.4 Å². The lowest BCUT2D eigenvalue weighted by atomic mass is 9.91. The molecular weight excluding hydrogens is 272 g/mol. The third kappa shape index (κ3) is 2.56. The molecule has 0 saturated carbocycles. The largest absolute Gasteiger partial charge is 0.370 e. The fraction of sp³-hybridized carbons (Fsp3) is 0.286. The van der Waals surface area contributed by atoms with Gasteiger partial charge in [-0.25, -0.2) is 4.79 Å². The summed E-state index contributed by atoms with van der Waals surface area (Å²) in [5.41, 5.74) is 4.70. The van der Waals surface area contributed by atoms with Crippen LogP contribution in [0.3, 0.4) is 0 Å². The standard InChI is InChI=1S/C14H14N4O3/c1-14(10-4-2-3-9(7-10)8-15)12(20)18(13(21)17-14)6-5-11(16)19/h2-4,7H,5-6H2,1H3,(H2,16,19)(H,17,21). The van der Waals surface area contributed by atoms with Crippen LogP contribution in [0.25, 0.3) is 0 Å². The molecule has 1 heterocycles. The van der Waals surface area contributed by atoms with Crippen molar-refractivity contribution in [2.24, 2.45) is 5.73 Å². The minimum absolute atomic E-state index is 0.0620. The molecule has 21 heavy (non-hydrogen) atoms. The Bertz CT molecular complexity index is 664. The number of nitrogens with two attached hydrogens (primary N) is 1. The summed E-state index contributed by atoms with van der Waals surface area (Å²) in [5.74, 6) is -1.06. The van der Waals surface area contributed by atoms with Crippen molar-refractivity contribution in [3.63, 3.8) is 0 Å². The van der Waals surface area contributed by atoms with E-state index in [0.29, 0.717) is 11.1 Å². The molecule has 1 aliphatic rings. The first-order chi connectivity index (χ1) is 9.88. The molecule has 2 rings (SSSR count). The molecule has 0 radical (unpaired) electrons. The topological polar surface area (TPSA) is 116 Å². The minimum atomic E-state index is -1.25. The van der Waals surface area contributed by atoms with Crippen LogP contribution in [0.2, 0.25) is 0 Å². The van der Waals surface area contributed by atoms with Crippen molar-refractivity contribution < 1.29 is 14.4 Å². The number of primary amides is 1. The Balaban J connectivity index is 2.31. The molecule has 4 amide bonds. The van der Waals surface area contributed by atoms with E-state index in [1.807, 2.05) is 6.07 Å². The van der Waals surface area contributed by atoms with Crippen molar-refractivity contribution in [2.75, 3.05) is 6.54 Å². The Morgan fingerprint density at radius 2 is 2.19 bits per heavy atom. The van der Waals surface area contributed by atoms with Crippen molar-refractivity contribution in [3.05, 3.63) is 35.4 Å². The Morgan fingerprint density at radius 3 is 2.81 bits per heavy atom. The SMILES string of the molecule is CC1(c2cccc(C#N)c2)NC(=O)N(CCC(N)=O)C1=O. The highest BCUT2D eigenvalue weighted by molar-refractivity contribution is 6.07. The first kappa shape index (κ1) is 14.5. The maximum Gasteiger partial charge on any atom is 0.325 e. The van der Waals surface area contributed by atoms with Gasteiger partial charge in [0.25, 0.3) is 5.91 Å². The molecule has 1 atom stereocenters. The van der Waals surface area contributed by atoms with Gasteiger partial charge in [-0.3, -0.25) is 14.5 Å². The normalized spacial score (nSPS) is 21.0. The zero-order valence-electron chi connectivity index (χ0n) is 11.4. The molecule has 108 valence electrons. The second-order valence-corrected chi connectivity index (χ2v) is 4.92. The highest BCUT2D eigenvalue weighted by Gasteiger charge is 2.48. The number of nitrogens with one attached hydrogen (secondary N) is 1. The highest BCUT2D eigenvalue weighted by atomic mass is 16.2. The van der Waals surface area contributed by atoms with Gasteiger partial charge in [0, 0.05) is 13.0 Å². The number of amides is 4. The predicted octanol–water partition coefficient (Wildman–Crippen LogP) is 0.201. The van der Waals surface area contributed by atoms with Gasteiger partial charge in [-0.2, -0.15) is 5.26 Å². The minimum Gasteiger partial charge on any atom is -0.370 e. The van der Waals surface area contributed by atoms with Crippen LogP contribution in [-0.2, 0) is 15.1 Å². The number of nitriles is 1. The highest BCUT2D eigenvalue weighted by Crippen LogP contribution is 2.29. The Labute approximate surface area is 121 Å². The van der Waals surface area contributed by atoms with Gasteiger partial charge in [-0.15, -0.1) is 0 Å². The Hall–Kier alpha value is -2.88. The third-order valence-electron chi connectivity index (χ3n) is 3.43. The van der Waals surface area contributed by atoms with Crippen LogP contribution in [0.5, 0.6) is 0 Å². The fourth-order valence-electron chi connectivity index (χ4n) is 2.22. The second-order valence-electron chi connectivity index (χ2n) is 4.92.